The van der Waals surface area contributed by atoms with Crippen molar-refractivity contribution in [3.63, 3.8) is 0 Å². The zero-order valence-electron chi connectivity index (χ0n) is 16.1. The van der Waals surface area contributed by atoms with Crippen LogP contribution in [-0.2, 0) is 16.1 Å². The number of ether oxygens (including phenoxy) is 2. The van der Waals surface area contributed by atoms with Gasteiger partial charge in [-0.3, -0.25) is 9.69 Å². The van der Waals surface area contributed by atoms with E-state index in [1.165, 1.54) is 24.1 Å². The number of hydrogen-bond donors (Lipinski definition) is 1. The van der Waals surface area contributed by atoms with Gasteiger partial charge in [0.15, 0.2) is 0 Å². The number of nitrogens with one attached hydrogen (secondary N) is 1. The fraction of sp³-hybridized carbons (Fsp3) is 0.667. The van der Waals surface area contributed by atoms with Gasteiger partial charge in [0.2, 0.25) is 5.91 Å². The van der Waals surface area contributed by atoms with Crippen LogP contribution in [0.4, 0.5) is 5.69 Å². The molecule has 0 saturated carbocycles. The summed E-state index contributed by atoms with van der Waals surface area (Å²) in [7, 11) is 0. The van der Waals surface area contributed by atoms with Gasteiger partial charge in [-0.1, -0.05) is 0 Å². The first-order chi connectivity index (χ1) is 13.3. The van der Waals surface area contributed by atoms with Crippen molar-refractivity contribution in [1.29, 1.82) is 0 Å². The van der Waals surface area contributed by atoms with Crippen molar-refractivity contribution in [2.75, 3.05) is 57.4 Å². The molecule has 2 saturated heterocycles. The van der Waals surface area contributed by atoms with Crippen molar-refractivity contribution in [2.45, 2.75) is 32.2 Å². The lowest BCUT2D eigenvalue weighted by molar-refractivity contribution is -0.127. The first-order valence-electron chi connectivity index (χ1n) is 10.4. The van der Waals surface area contributed by atoms with E-state index in [0.717, 1.165) is 51.3 Å². The van der Waals surface area contributed by atoms with Crippen LogP contribution in [0.5, 0.6) is 5.75 Å². The highest BCUT2D eigenvalue weighted by atomic mass is 16.5. The van der Waals surface area contributed by atoms with Gasteiger partial charge in [0, 0.05) is 44.0 Å². The third-order valence-corrected chi connectivity index (χ3v) is 5.82. The third kappa shape index (κ3) is 4.74. The van der Waals surface area contributed by atoms with Gasteiger partial charge in [-0.15, -0.1) is 0 Å². The number of anilines is 1. The van der Waals surface area contributed by atoms with Gasteiger partial charge in [0.05, 0.1) is 19.1 Å². The van der Waals surface area contributed by atoms with Crippen LogP contribution in [-0.4, -0.2) is 63.4 Å². The van der Waals surface area contributed by atoms with E-state index in [-0.39, 0.29) is 11.8 Å². The van der Waals surface area contributed by atoms with Crippen LogP contribution >= 0.6 is 0 Å². The largest absolute Gasteiger partial charge is 0.491 e. The topological polar surface area (TPSA) is 54.0 Å². The Morgan fingerprint density at radius 2 is 1.93 bits per heavy atom. The Hall–Kier alpha value is -1.79. The molecule has 2 atom stereocenters. The fourth-order valence-corrected chi connectivity index (χ4v) is 4.36. The van der Waals surface area contributed by atoms with Crippen LogP contribution in [0.2, 0.25) is 0 Å². The summed E-state index contributed by atoms with van der Waals surface area (Å²) in [4.78, 5) is 17.3. The molecule has 1 amide bonds. The molecule has 1 aromatic rings. The van der Waals surface area contributed by atoms with Crippen LogP contribution in [0.15, 0.2) is 18.2 Å². The van der Waals surface area contributed by atoms with E-state index in [0.29, 0.717) is 26.4 Å². The molecule has 1 aromatic carbocycles. The van der Waals surface area contributed by atoms with Gasteiger partial charge in [-0.2, -0.15) is 0 Å². The Morgan fingerprint density at radius 3 is 2.81 bits per heavy atom. The van der Waals surface area contributed by atoms with Crippen molar-refractivity contribution < 1.29 is 14.3 Å². The Balaban J connectivity index is 1.55. The summed E-state index contributed by atoms with van der Waals surface area (Å²) >= 11 is 0. The van der Waals surface area contributed by atoms with Crippen molar-refractivity contribution in [3.8, 4) is 5.75 Å². The highest BCUT2D eigenvalue weighted by Crippen LogP contribution is 2.30. The van der Waals surface area contributed by atoms with Crippen molar-refractivity contribution in [3.05, 3.63) is 23.8 Å². The minimum absolute atomic E-state index is 0.0767. The first-order valence-corrected chi connectivity index (χ1v) is 10.4. The minimum Gasteiger partial charge on any atom is -0.491 e. The number of benzene rings is 1. The molecule has 0 aliphatic carbocycles. The smallest absolute Gasteiger partial charge is 0.224 e. The summed E-state index contributed by atoms with van der Waals surface area (Å²) in [6.45, 7) is 7.15. The van der Waals surface area contributed by atoms with Gasteiger partial charge in [-0.25, -0.2) is 0 Å². The Morgan fingerprint density at radius 1 is 1.04 bits per heavy atom. The molecule has 3 aliphatic heterocycles. The lowest BCUT2D eigenvalue weighted by atomic mass is 9.96. The molecule has 3 aliphatic rings. The van der Waals surface area contributed by atoms with E-state index in [1.54, 1.807) is 0 Å². The molecule has 4 rings (SSSR count). The van der Waals surface area contributed by atoms with E-state index in [4.69, 9.17) is 9.47 Å². The number of fused-ring (bicyclic) bond motifs is 3. The molecule has 2 fully saturated rings. The number of carbonyl (C=O) groups is 1. The normalized spacial score (nSPS) is 27.3. The summed E-state index contributed by atoms with van der Waals surface area (Å²) in [5.41, 5.74) is 2.51. The molecule has 0 spiro atoms. The minimum atomic E-state index is 0.0767. The van der Waals surface area contributed by atoms with Crippen LogP contribution in [0, 0.1) is 5.92 Å². The Bertz CT molecular complexity index is 646. The highest BCUT2D eigenvalue weighted by Gasteiger charge is 2.26. The number of carbonyl (C=O) groups excluding carboxylic acids is 1. The van der Waals surface area contributed by atoms with Crippen molar-refractivity contribution >= 4 is 11.6 Å². The number of piperidine rings is 1. The molecular formula is C21H31N3O3. The van der Waals surface area contributed by atoms with Crippen LogP contribution in [0.25, 0.3) is 0 Å². The van der Waals surface area contributed by atoms with E-state index in [9.17, 15) is 4.79 Å². The van der Waals surface area contributed by atoms with Crippen LogP contribution < -0.4 is 15.0 Å². The summed E-state index contributed by atoms with van der Waals surface area (Å²) in [6.07, 6.45) is 4.58. The molecule has 1 N–H and O–H groups in total. The predicted octanol–water partition coefficient (Wildman–Crippen LogP) is 2.02. The monoisotopic (exact) mass is 373 g/mol. The molecule has 27 heavy (non-hydrogen) atoms. The summed E-state index contributed by atoms with van der Waals surface area (Å²) in [5.74, 6) is 1.20. The molecular weight excluding hydrogens is 342 g/mol. The van der Waals surface area contributed by atoms with Gasteiger partial charge in [0.1, 0.15) is 12.4 Å². The lowest BCUT2D eigenvalue weighted by Gasteiger charge is -2.33. The number of nitrogens with zero attached hydrogens (tertiary/aromatic N) is 2. The molecule has 2 bridgehead atoms. The first kappa shape index (κ1) is 18.6. The molecule has 6 nitrogen and oxygen atoms in total. The fourth-order valence-electron chi connectivity index (χ4n) is 4.36. The lowest BCUT2D eigenvalue weighted by Crippen LogP contribution is -2.43. The molecule has 0 aromatic heterocycles. The zero-order valence-corrected chi connectivity index (χ0v) is 16.1. The van der Waals surface area contributed by atoms with E-state index in [1.807, 2.05) is 0 Å². The standard InChI is InChI=1S/C21H31N3O3/c25-21-17-4-3-8-23(15-17)16-18-14-19(24-9-1-2-10-24)5-6-20(18)27-13-12-26-11-7-22-21/h5-6,14,17H,1-4,7-13,15-16H2,(H,22,25). The highest BCUT2D eigenvalue weighted by molar-refractivity contribution is 5.78. The second-order valence-corrected chi connectivity index (χ2v) is 7.81. The number of rotatable bonds is 1. The average Bonchev–Trinajstić information content (AvgIpc) is 3.22. The third-order valence-electron chi connectivity index (χ3n) is 5.82. The van der Waals surface area contributed by atoms with E-state index in [2.05, 4.69) is 33.3 Å². The molecule has 2 unspecified atom stereocenters. The van der Waals surface area contributed by atoms with Gasteiger partial charge in [-0.05, 0) is 50.4 Å². The number of hydrogen-bond acceptors (Lipinski definition) is 5. The Kier molecular flexibility index (Phi) is 6.14. The maximum Gasteiger partial charge on any atom is 0.224 e. The van der Waals surface area contributed by atoms with Gasteiger partial charge >= 0.3 is 0 Å². The van der Waals surface area contributed by atoms with Gasteiger partial charge in [0.25, 0.3) is 0 Å². The summed E-state index contributed by atoms with van der Waals surface area (Å²) < 4.78 is 11.6. The van der Waals surface area contributed by atoms with E-state index < -0.39 is 0 Å². The molecule has 6 heteroatoms. The summed E-state index contributed by atoms with van der Waals surface area (Å²) in [6, 6.07) is 6.58. The van der Waals surface area contributed by atoms with Crippen molar-refractivity contribution in [1.82, 2.24) is 10.2 Å². The second-order valence-electron chi connectivity index (χ2n) is 7.81. The quantitative estimate of drug-likeness (QED) is 0.816. The summed E-state index contributed by atoms with van der Waals surface area (Å²) in [5, 5.41) is 3.02. The maximum absolute atomic E-state index is 12.4. The second kappa shape index (κ2) is 8.93. The SMILES string of the molecule is O=C1NCCOCCOc2ccc(N3CCCC3)cc2CN2CCCC1C2. The van der Waals surface area contributed by atoms with Crippen LogP contribution in [0.3, 0.4) is 0 Å². The predicted molar refractivity (Wildman–Crippen MR) is 105 cm³/mol. The van der Waals surface area contributed by atoms with Crippen molar-refractivity contribution in [2.24, 2.45) is 5.92 Å². The zero-order chi connectivity index (χ0) is 18.5. The van der Waals surface area contributed by atoms with Crippen LogP contribution in [0.1, 0.15) is 31.2 Å². The Labute approximate surface area is 161 Å². The molecule has 3 heterocycles. The molecule has 0 radical (unpaired) electrons. The van der Waals surface area contributed by atoms with Gasteiger partial charge < -0.3 is 19.7 Å². The van der Waals surface area contributed by atoms with E-state index >= 15 is 0 Å². The molecule has 148 valence electrons. The maximum atomic E-state index is 12.4. The number of amides is 1. The average molecular weight is 373 g/mol.